The lowest BCUT2D eigenvalue weighted by Gasteiger charge is -2.24. The van der Waals surface area contributed by atoms with Crippen LogP contribution in [0.2, 0.25) is 0 Å². The van der Waals surface area contributed by atoms with Crippen molar-refractivity contribution in [2.75, 3.05) is 13.2 Å². The molecule has 2 aromatic rings. The Kier molecular flexibility index (Phi) is 5.60. The van der Waals surface area contributed by atoms with Crippen molar-refractivity contribution < 1.29 is 28.1 Å². The molecule has 0 aliphatic carbocycles. The van der Waals surface area contributed by atoms with Crippen LogP contribution in [0.15, 0.2) is 6.33 Å². The van der Waals surface area contributed by atoms with Crippen LogP contribution in [0, 0.1) is 6.08 Å². The van der Waals surface area contributed by atoms with E-state index in [-0.39, 0.29) is 17.4 Å². The smallest absolute Gasteiger partial charge is 0.314 e. The Balaban J connectivity index is 1.70. The zero-order valence-electron chi connectivity index (χ0n) is 17.4. The number of rotatable bonds is 7. The summed E-state index contributed by atoms with van der Waals surface area (Å²) >= 11 is 0. The lowest BCUT2D eigenvalue weighted by atomic mass is 10.1. The number of carbonyl (C=O) groups excluding carboxylic acids is 1. The van der Waals surface area contributed by atoms with Gasteiger partial charge in [-0.2, -0.15) is 14.4 Å². The number of nitrogens with zero attached hydrogens (tertiary/aromatic N) is 4. The van der Waals surface area contributed by atoms with Crippen LogP contribution in [0.1, 0.15) is 46.8 Å². The van der Waals surface area contributed by atoms with Crippen LogP contribution in [0.4, 0.5) is 4.39 Å². The number of imidazole rings is 1. The average molecular weight is 423 g/mol. The Morgan fingerprint density at radius 3 is 2.80 bits per heavy atom. The van der Waals surface area contributed by atoms with Crippen molar-refractivity contribution in [1.29, 1.82) is 0 Å². The molecule has 164 valence electrons. The third-order valence-corrected chi connectivity index (χ3v) is 5.01. The minimum atomic E-state index is -0.936. The van der Waals surface area contributed by atoms with E-state index in [9.17, 15) is 9.18 Å². The highest BCUT2D eigenvalue weighted by Gasteiger charge is 2.58. The first-order valence-electron chi connectivity index (χ1n) is 10.2. The van der Waals surface area contributed by atoms with Crippen molar-refractivity contribution in [3.05, 3.63) is 12.4 Å². The summed E-state index contributed by atoms with van der Waals surface area (Å²) in [4.78, 5) is 24.5. The molecular weight excluding hydrogens is 397 g/mol. The summed E-state index contributed by atoms with van der Waals surface area (Å²) in [5.74, 6) is -1.12. The molecule has 11 heteroatoms. The van der Waals surface area contributed by atoms with Gasteiger partial charge in [-0.1, -0.05) is 13.3 Å². The normalized spacial score (nSPS) is 27.4. The number of halogens is 1. The molecule has 0 saturated carbocycles. The number of carbonyl (C=O) groups is 1. The summed E-state index contributed by atoms with van der Waals surface area (Å²) in [6.07, 6.45) is -0.639. The van der Waals surface area contributed by atoms with Crippen LogP contribution in [0.5, 0.6) is 5.88 Å². The van der Waals surface area contributed by atoms with Crippen LogP contribution in [0.25, 0.3) is 11.2 Å². The maximum atomic E-state index is 14.1. The Labute approximate surface area is 173 Å². The molecule has 4 heterocycles. The van der Waals surface area contributed by atoms with Crippen LogP contribution >= 0.6 is 0 Å². The van der Waals surface area contributed by atoms with Gasteiger partial charge in [0.1, 0.15) is 12.2 Å². The topological polar surface area (TPSA) is 110 Å². The van der Waals surface area contributed by atoms with Crippen molar-refractivity contribution in [3.63, 3.8) is 0 Å². The van der Waals surface area contributed by atoms with E-state index in [0.29, 0.717) is 18.7 Å². The number of unbranched alkanes of at least 4 members (excludes halogenated alkanes) is 1. The van der Waals surface area contributed by atoms with Gasteiger partial charge in [0, 0.05) is 6.54 Å². The van der Waals surface area contributed by atoms with Gasteiger partial charge in [0.15, 0.2) is 29.3 Å². The Morgan fingerprint density at radius 2 is 2.07 bits per heavy atom. The number of hydrogen-bond acceptors (Lipinski definition) is 8. The van der Waals surface area contributed by atoms with Gasteiger partial charge >= 0.3 is 6.08 Å². The van der Waals surface area contributed by atoms with Gasteiger partial charge in [-0.05, 0) is 27.2 Å². The first-order valence-corrected chi connectivity index (χ1v) is 10.2. The minimum absolute atomic E-state index is 0.0726. The lowest BCUT2D eigenvalue weighted by Crippen LogP contribution is -2.42. The van der Waals surface area contributed by atoms with Gasteiger partial charge in [0.05, 0.1) is 12.9 Å². The molecule has 4 atom stereocenters. The highest BCUT2D eigenvalue weighted by molar-refractivity contribution is 5.82. The van der Waals surface area contributed by atoms with E-state index in [1.54, 1.807) is 13.8 Å². The number of hydrogen-bond donors (Lipinski definition) is 1. The van der Waals surface area contributed by atoms with Crippen molar-refractivity contribution in [3.8, 4) is 5.88 Å². The predicted molar refractivity (Wildman–Crippen MR) is 102 cm³/mol. The molecule has 4 rings (SSSR count). The molecule has 1 amide bonds. The summed E-state index contributed by atoms with van der Waals surface area (Å²) in [6, 6.07) is 0. The van der Waals surface area contributed by atoms with Crippen LogP contribution < -0.4 is 10.1 Å². The highest BCUT2D eigenvalue weighted by Crippen LogP contribution is 2.44. The standard InChI is InChI=1S/C19H26FN5O5/c1-5-7-8-27-16-10-14(23-18(20)24-16)25(9-22-10)17-13-11(29-19(3,4)30-13)12(28-17)15(26)21-6-2/h9,11-13,17H,5-8H2,1-4H3,(H,21,26)/t11-,12+,13-,17-/m1/s1. The molecule has 0 radical (unpaired) electrons. The van der Waals surface area contributed by atoms with Gasteiger partial charge in [-0.3, -0.25) is 9.36 Å². The number of aromatic nitrogens is 4. The van der Waals surface area contributed by atoms with E-state index in [0.717, 1.165) is 12.8 Å². The van der Waals surface area contributed by atoms with Gasteiger partial charge in [-0.15, -0.1) is 0 Å². The maximum Gasteiger partial charge on any atom is 0.314 e. The molecule has 2 aromatic heterocycles. The molecule has 2 aliphatic heterocycles. The van der Waals surface area contributed by atoms with Crippen molar-refractivity contribution in [2.45, 2.75) is 70.9 Å². The first kappa shape index (κ1) is 20.9. The molecule has 0 bridgehead atoms. The summed E-state index contributed by atoms with van der Waals surface area (Å²) < 4.78 is 39.2. The molecule has 30 heavy (non-hydrogen) atoms. The Morgan fingerprint density at radius 1 is 1.30 bits per heavy atom. The third kappa shape index (κ3) is 3.72. The van der Waals surface area contributed by atoms with Crippen LogP contribution in [-0.2, 0) is 19.0 Å². The van der Waals surface area contributed by atoms with Crippen molar-refractivity contribution in [1.82, 2.24) is 24.8 Å². The summed E-state index contributed by atoms with van der Waals surface area (Å²) in [5.41, 5.74) is 0.509. The molecule has 0 aromatic carbocycles. The molecule has 10 nitrogen and oxygen atoms in total. The Hall–Kier alpha value is -2.37. The zero-order chi connectivity index (χ0) is 21.5. The molecule has 0 unspecified atom stereocenters. The molecule has 2 fully saturated rings. The average Bonchev–Trinajstić information content (AvgIpc) is 3.32. The third-order valence-electron chi connectivity index (χ3n) is 5.01. The molecular formula is C19H26FN5O5. The fourth-order valence-electron chi connectivity index (χ4n) is 3.75. The van der Waals surface area contributed by atoms with Crippen LogP contribution in [0.3, 0.4) is 0 Å². The van der Waals surface area contributed by atoms with E-state index in [1.165, 1.54) is 10.9 Å². The van der Waals surface area contributed by atoms with Crippen molar-refractivity contribution >= 4 is 17.1 Å². The Bertz CT molecular complexity index is 935. The summed E-state index contributed by atoms with van der Waals surface area (Å²) in [5, 5.41) is 2.75. The predicted octanol–water partition coefficient (Wildman–Crippen LogP) is 1.70. The van der Waals surface area contributed by atoms with E-state index < -0.39 is 36.4 Å². The second-order valence-electron chi connectivity index (χ2n) is 7.73. The van der Waals surface area contributed by atoms with E-state index in [4.69, 9.17) is 18.9 Å². The quantitative estimate of drug-likeness (QED) is 0.529. The zero-order valence-corrected chi connectivity index (χ0v) is 17.4. The van der Waals surface area contributed by atoms with Gasteiger partial charge in [0.2, 0.25) is 5.88 Å². The SMILES string of the molecule is CCCCOc1nc(F)nc2c1ncn2[C@@H]1O[C@H](C(=O)NCC)[C@H]2OC(C)(C)O[C@H]21. The van der Waals surface area contributed by atoms with E-state index >= 15 is 0 Å². The summed E-state index contributed by atoms with van der Waals surface area (Å²) in [6.45, 7) is 8.23. The van der Waals surface area contributed by atoms with Gasteiger partial charge in [-0.25, -0.2) is 4.98 Å². The number of nitrogens with one attached hydrogen (secondary N) is 1. The van der Waals surface area contributed by atoms with E-state index in [1.807, 2.05) is 13.8 Å². The second kappa shape index (κ2) is 8.05. The number of fused-ring (bicyclic) bond motifs is 2. The number of amides is 1. The number of ether oxygens (including phenoxy) is 4. The van der Waals surface area contributed by atoms with Gasteiger partial charge < -0.3 is 24.3 Å². The largest absolute Gasteiger partial charge is 0.476 e. The molecule has 1 N–H and O–H groups in total. The lowest BCUT2D eigenvalue weighted by molar-refractivity contribution is -0.197. The van der Waals surface area contributed by atoms with E-state index in [2.05, 4.69) is 20.3 Å². The fourth-order valence-corrected chi connectivity index (χ4v) is 3.75. The fraction of sp³-hybridized carbons (Fsp3) is 0.684. The minimum Gasteiger partial charge on any atom is -0.476 e. The maximum absolute atomic E-state index is 14.1. The van der Waals surface area contributed by atoms with Gasteiger partial charge in [0.25, 0.3) is 5.91 Å². The highest BCUT2D eigenvalue weighted by atomic mass is 19.1. The van der Waals surface area contributed by atoms with Crippen LogP contribution in [-0.4, -0.2) is 62.7 Å². The summed E-state index contributed by atoms with van der Waals surface area (Å²) in [7, 11) is 0. The molecule has 2 saturated heterocycles. The monoisotopic (exact) mass is 423 g/mol. The van der Waals surface area contributed by atoms with Crippen molar-refractivity contribution in [2.24, 2.45) is 0 Å². The molecule has 0 spiro atoms. The molecule has 2 aliphatic rings. The number of likely N-dealkylation sites (N-methyl/N-ethyl adjacent to an activating group) is 1. The first-order chi connectivity index (χ1) is 14.3. The second-order valence-corrected chi connectivity index (χ2v) is 7.73.